The number of ketones is 1. The van der Waals surface area contributed by atoms with E-state index in [1.165, 1.54) is 7.11 Å². The second kappa shape index (κ2) is 2.88. The predicted octanol–water partition coefficient (Wildman–Crippen LogP) is 1.16. The molecule has 0 saturated heterocycles. The van der Waals surface area contributed by atoms with Crippen LogP contribution in [-0.4, -0.2) is 18.9 Å². The van der Waals surface area contributed by atoms with Crippen molar-refractivity contribution in [3.63, 3.8) is 0 Å². The van der Waals surface area contributed by atoms with Crippen molar-refractivity contribution in [2.45, 2.75) is 26.7 Å². The molecule has 0 unspecified atom stereocenters. The van der Waals surface area contributed by atoms with Crippen molar-refractivity contribution < 1.29 is 14.3 Å². The van der Waals surface area contributed by atoms with E-state index >= 15 is 0 Å². The van der Waals surface area contributed by atoms with E-state index in [9.17, 15) is 9.59 Å². The fraction of sp³-hybridized carbons (Fsp3) is 0.778. The van der Waals surface area contributed by atoms with E-state index in [0.29, 0.717) is 12.8 Å². The monoisotopic (exact) mass is 170 g/mol. The summed E-state index contributed by atoms with van der Waals surface area (Å²) in [4.78, 5) is 22.5. The third-order valence-corrected chi connectivity index (χ3v) is 2.74. The Morgan fingerprint density at radius 2 is 2.17 bits per heavy atom. The van der Waals surface area contributed by atoms with Crippen molar-refractivity contribution in [2.75, 3.05) is 7.11 Å². The highest BCUT2D eigenvalue weighted by Crippen LogP contribution is 2.40. The normalized spacial score (nSPS) is 27.2. The van der Waals surface area contributed by atoms with Crippen LogP contribution in [0.4, 0.5) is 0 Å². The summed E-state index contributed by atoms with van der Waals surface area (Å²) in [5.74, 6) is -0.334. The van der Waals surface area contributed by atoms with Crippen LogP contribution >= 0.6 is 0 Å². The summed E-state index contributed by atoms with van der Waals surface area (Å²) >= 11 is 0. The van der Waals surface area contributed by atoms with Gasteiger partial charge in [-0.2, -0.15) is 0 Å². The Morgan fingerprint density at radius 1 is 1.58 bits per heavy atom. The number of Topliss-reactive ketones (excluding diaryl/α,β-unsaturated/α-hetero) is 1. The molecule has 0 aromatic rings. The SMILES string of the molecule is COC(=O)[C@@H]1CCC(=O)C1(C)C. The lowest BCUT2D eigenvalue weighted by Crippen LogP contribution is -2.31. The van der Waals surface area contributed by atoms with Crippen molar-refractivity contribution in [1.82, 2.24) is 0 Å². The van der Waals surface area contributed by atoms with E-state index in [2.05, 4.69) is 4.74 Å². The van der Waals surface area contributed by atoms with Gasteiger partial charge in [0.15, 0.2) is 0 Å². The van der Waals surface area contributed by atoms with Crippen LogP contribution in [0.1, 0.15) is 26.7 Å². The summed E-state index contributed by atoms with van der Waals surface area (Å²) in [5, 5.41) is 0. The molecule has 0 spiro atoms. The van der Waals surface area contributed by atoms with Crippen LogP contribution in [-0.2, 0) is 14.3 Å². The van der Waals surface area contributed by atoms with Crippen molar-refractivity contribution in [2.24, 2.45) is 11.3 Å². The molecular formula is C9H14O3. The Bertz CT molecular complexity index is 218. The van der Waals surface area contributed by atoms with Crippen molar-refractivity contribution >= 4 is 11.8 Å². The van der Waals surface area contributed by atoms with E-state index in [1.54, 1.807) is 0 Å². The molecule has 0 aromatic carbocycles. The van der Waals surface area contributed by atoms with Gasteiger partial charge in [0.05, 0.1) is 13.0 Å². The lowest BCUT2D eigenvalue weighted by molar-refractivity contribution is -0.150. The van der Waals surface area contributed by atoms with Crippen LogP contribution < -0.4 is 0 Å². The fourth-order valence-electron chi connectivity index (χ4n) is 1.71. The van der Waals surface area contributed by atoms with E-state index in [1.807, 2.05) is 13.8 Å². The largest absolute Gasteiger partial charge is 0.469 e. The maximum Gasteiger partial charge on any atom is 0.309 e. The van der Waals surface area contributed by atoms with Crippen LogP contribution in [0.25, 0.3) is 0 Å². The molecule has 0 radical (unpaired) electrons. The minimum Gasteiger partial charge on any atom is -0.469 e. The molecule has 3 nitrogen and oxygen atoms in total. The van der Waals surface area contributed by atoms with Gasteiger partial charge in [0.2, 0.25) is 0 Å². The maximum absolute atomic E-state index is 11.3. The Kier molecular flexibility index (Phi) is 2.22. The quantitative estimate of drug-likeness (QED) is 0.555. The van der Waals surface area contributed by atoms with Gasteiger partial charge >= 0.3 is 5.97 Å². The van der Waals surface area contributed by atoms with E-state index < -0.39 is 5.41 Å². The summed E-state index contributed by atoms with van der Waals surface area (Å²) in [6, 6.07) is 0. The third-order valence-electron chi connectivity index (χ3n) is 2.74. The molecule has 1 saturated carbocycles. The standard InChI is InChI=1S/C9H14O3/c1-9(2)6(8(11)12-3)4-5-7(9)10/h6H,4-5H2,1-3H3/t6-/m0/s1. The fourth-order valence-corrected chi connectivity index (χ4v) is 1.71. The highest BCUT2D eigenvalue weighted by atomic mass is 16.5. The maximum atomic E-state index is 11.3. The second-order valence-electron chi connectivity index (χ2n) is 3.76. The Hall–Kier alpha value is -0.860. The third kappa shape index (κ3) is 1.24. The highest BCUT2D eigenvalue weighted by Gasteiger charge is 2.46. The lowest BCUT2D eigenvalue weighted by atomic mass is 9.81. The second-order valence-corrected chi connectivity index (χ2v) is 3.76. The molecule has 1 aliphatic rings. The van der Waals surface area contributed by atoms with Gasteiger partial charge < -0.3 is 4.74 Å². The molecular weight excluding hydrogens is 156 g/mol. The molecule has 0 bridgehead atoms. The topological polar surface area (TPSA) is 43.4 Å². The van der Waals surface area contributed by atoms with Gasteiger partial charge in [0.1, 0.15) is 5.78 Å². The zero-order valence-electron chi connectivity index (χ0n) is 7.72. The zero-order valence-corrected chi connectivity index (χ0v) is 7.72. The van der Waals surface area contributed by atoms with Gasteiger partial charge in [-0.05, 0) is 6.42 Å². The number of methoxy groups -OCH3 is 1. The Labute approximate surface area is 72.1 Å². The molecule has 1 rings (SSSR count). The lowest BCUT2D eigenvalue weighted by Gasteiger charge is -2.22. The van der Waals surface area contributed by atoms with Gasteiger partial charge in [0.25, 0.3) is 0 Å². The van der Waals surface area contributed by atoms with Crippen LogP contribution in [0.5, 0.6) is 0 Å². The summed E-state index contributed by atoms with van der Waals surface area (Å²) < 4.78 is 4.63. The van der Waals surface area contributed by atoms with Crippen molar-refractivity contribution in [3.05, 3.63) is 0 Å². The van der Waals surface area contributed by atoms with E-state index in [0.717, 1.165) is 0 Å². The number of esters is 1. The summed E-state index contributed by atoms with van der Waals surface area (Å²) in [7, 11) is 1.36. The van der Waals surface area contributed by atoms with Gasteiger partial charge in [-0.3, -0.25) is 9.59 Å². The average Bonchev–Trinajstić information content (AvgIpc) is 2.27. The van der Waals surface area contributed by atoms with Gasteiger partial charge in [-0.15, -0.1) is 0 Å². The number of hydrogen-bond acceptors (Lipinski definition) is 3. The molecule has 0 amide bonds. The molecule has 3 heteroatoms. The molecule has 0 aliphatic heterocycles. The Morgan fingerprint density at radius 3 is 2.50 bits per heavy atom. The molecule has 0 N–H and O–H groups in total. The molecule has 1 atom stereocenters. The van der Waals surface area contributed by atoms with Gasteiger partial charge in [-0.1, -0.05) is 13.8 Å². The van der Waals surface area contributed by atoms with Crippen molar-refractivity contribution in [3.8, 4) is 0 Å². The van der Waals surface area contributed by atoms with E-state index in [4.69, 9.17) is 0 Å². The van der Waals surface area contributed by atoms with Crippen LogP contribution in [0.3, 0.4) is 0 Å². The number of carbonyl (C=O) groups is 2. The number of rotatable bonds is 1. The number of ether oxygens (including phenoxy) is 1. The summed E-state index contributed by atoms with van der Waals surface area (Å²) in [6.07, 6.45) is 1.14. The van der Waals surface area contributed by atoms with Gasteiger partial charge in [0, 0.05) is 11.8 Å². The number of hydrogen-bond donors (Lipinski definition) is 0. The molecule has 12 heavy (non-hydrogen) atoms. The minimum absolute atomic E-state index is 0.165. The molecule has 1 fully saturated rings. The van der Waals surface area contributed by atoms with Crippen LogP contribution in [0, 0.1) is 11.3 Å². The first-order valence-corrected chi connectivity index (χ1v) is 4.11. The number of carbonyl (C=O) groups excluding carboxylic acids is 2. The first-order chi connectivity index (χ1) is 5.50. The molecule has 0 aromatic heterocycles. The van der Waals surface area contributed by atoms with Gasteiger partial charge in [-0.25, -0.2) is 0 Å². The molecule has 0 heterocycles. The zero-order chi connectivity index (χ0) is 9.35. The predicted molar refractivity (Wildman–Crippen MR) is 43.5 cm³/mol. The molecule has 68 valence electrons. The first kappa shape index (κ1) is 9.23. The first-order valence-electron chi connectivity index (χ1n) is 4.11. The van der Waals surface area contributed by atoms with Crippen molar-refractivity contribution in [1.29, 1.82) is 0 Å². The minimum atomic E-state index is -0.521. The Balaban J connectivity index is 2.81. The van der Waals surface area contributed by atoms with E-state index in [-0.39, 0.29) is 17.7 Å². The highest BCUT2D eigenvalue weighted by molar-refractivity contribution is 5.92. The smallest absolute Gasteiger partial charge is 0.309 e. The summed E-state index contributed by atoms with van der Waals surface area (Å²) in [5.41, 5.74) is -0.521. The summed E-state index contributed by atoms with van der Waals surface area (Å²) in [6.45, 7) is 3.62. The molecule has 1 aliphatic carbocycles. The average molecular weight is 170 g/mol. The van der Waals surface area contributed by atoms with Crippen LogP contribution in [0.15, 0.2) is 0 Å². The van der Waals surface area contributed by atoms with Crippen LogP contribution in [0.2, 0.25) is 0 Å².